The Balaban J connectivity index is 1.40. The summed E-state index contributed by atoms with van der Waals surface area (Å²) in [6.45, 7) is 41.0. The van der Waals surface area contributed by atoms with Gasteiger partial charge in [0.15, 0.2) is 22.4 Å². The minimum absolute atomic E-state index is 0.00260. The lowest BCUT2D eigenvalue weighted by molar-refractivity contribution is -0.140. The summed E-state index contributed by atoms with van der Waals surface area (Å²) in [6, 6.07) is 2.08. The second-order valence-corrected chi connectivity index (χ2v) is 30.7. The molecule has 8 rings (SSSR count). The zero-order valence-corrected chi connectivity index (χ0v) is 37.9. The summed E-state index contributed by atoms with van der Waals surface area (Å²) >= 11 is 0. The predicted molar refractivity (Wildman–Crippen MR) is 228 cm³/mol. The Labute approximate surface area is 327 Å². The zero-order valence-electron chi connectivity index (χ0n) is 35.9. The second kappa shape index (κ2) is 11.6. The molecule has 1 aromatic heterocycles. The van der Waals surface area contributed by atoms with Crippen molar-refractivity contribution in [3.63, 3.8) is 0 Å². The van der Waals surface area contributed by atoms with Crippen molar-refractivity contribution in [1.82, 2.24) is 4.57 Å². The maximum atomic E-state index is 15.4. The van der Waals surface area contributed by atoms with E-state index in [-0.39, 0.29) is 40.2 Å². The van der Waals surface area contributed by atoms with Crippen LogP contribution in [0.25, 0.3) is 16.5 Å². The third kappa shape index (κ3) is 5.12. The molecule has 2 aromatic rings. The fourth-order valence-electron chi connectivity index (χ4n) is 13.4. The minimum Gasteiger partial charge on any atom is -0.414 e. The number of aromatic nitrogens is 1. The Morgan fingerprint density at radius 1 is 0.981 bits per heavy atom. The summed E-state index contributed by atoms with van der Waals surface area (Å²) in [5.74, 6) is 1.13. The molecule has 4 aliphatic carbocycles. The molecule has 2 saturated carbocycles. The number of carbonyl (C=O) groups is 1. The van der Waals surface area contributed by atoms with E-state index in [4.69, 9.17) is 13.6 Å². The molecule has 0 amide bonds. The molecule has 0 N–H and O–H groups in total. The van der Waals surface area contributed by atoms with Gasteiger partial charge in [-0.15, -0.1) is 0 Å². The summed E-state index contributed by atoms with van der Waals surface area (Å²) in [6.07, 6.45) is 14.4. The lowest BCUT2D eigenvalue weighted by atomic mass is 9.40. The Morgan fingerprint density at radius 3 is 2.26 bits per heavy atom. The molecule has 0 spiro atoms. The number of ketones is 1. The predicted octanol–water partition coefficient (Wildman–Crippen LogP) is 12.1. The molecule has 9 atom stereocenters. The number of hydrogen-bond donors (Lipinski definition) is 0. The number of hydrogen-bond acceptors (Lipinski definition) is 4. The van der Waals surface area contributed by atoms with Crippen LogP contribution in [-0.2, 0) is 25.4 Å². The number of carbonyl (C=O) groups excluding carboxylic acids is 1. The van der Waals surface area contributed by atoms with Crippen LogP contribution in [-0.4, -0.2) is 44.3 Å². The molecule has 1 aromatic carbocycles. The number of nitrogens with zero attached hydrogens (tertiary/aromatic N) is 1. The van der Waals surface area contributed by atoms with Gasteiger partial charge in [-0.25, -0.2) is 0 Å². The molecule has 0 saturated heterocycles. The third-order valence-corrected chi connectivity index (χ3v) is 17.1. The van der Waals surface area contributed by atoms with Crippen molar-refractivity contribution < 1.29 is 18.4 Å². The molecule has 54 heavy (non-hydrogen) atoms. The molecule has 7 heteroatoms. The number of benzene rings is 1. The third-order valence-electron chi connectivity index (χ3n) is 15.1. The molecule has 5 nitrogen and oxygen atoms in total. The smallest absolute Gasteiger partial charge is 0.192 e. The van der Waals surface area contributed by atoms with Gasteiger partial charge in [0, 0.05) is 33.4 Å². The van der Waals surface area contributed by atoms with E-state index in [0.717, 1.165) is 41.5 Å². The standard InChI is InChI=1S/C47H67NO4Si2/c1-17-18-22-45(8)33-20-19-28-24-31-30-25-29-32-26-43(4,5)52-44(6,7)37(32)41(51-54(14,15)16)35(29)36-39(30)48(38(27(2)3)40(36)49)42(31)47(28,10)46(33,9)23-21-34(45)50-53(11,12)13/h17-18,22,25-26,28,33-34,37-38,41H,1-2,19-21,23-24H2,3-16H3/b22-18+/t28?,33?,34?,37?,38-,41?,45-,46-,47+/m0/s1. The summed E-state index contributed by atoms with van der Waals surface area (Å²) in [5.41, 5.74) is 8.26. The molecule has 3 heterocycles. The number of ether oxygens (including phenoxy) is 1. The van der Waals surface area contributed by atoms with Crippen molar-refractivity contribution in [3.05, 3.63) is 77.0 Å². The monoisotopic (exact) mass is 765 g/mol. The average molecular weight is 766 g/mol. The normalized spacial score (nSPS) is 37.5. The van der Waals surface area contributed by atoms with E-state index in [9.17, 15) is 0 Å². The fourth-order valence-corrected chi connectivity index (χ4v) is 15.7. The van der Waals surface area contributed by atoms with Crippen LogP contribution >= 0.6 is 0 Å². The van der Waals surface area contributed by atoms with E-state index < -0.39 is 33.9 Å². The van der Waals surface area contributed by atoms with E-state index in [1.807, 2.05) is 6.08 Å². The topological polar surface area (TPSA) is 49.7 Å². The van der Waals surface area contributed by atoms with Crippen molar-refractivity contribution in [1.29, 1.82) is 0 Å². The molecule has 292 valence electrons. The molecule has 2 aliphatic heterocycles. The van der Waals surface area contributed by atoms with E-state index in [2.05, 4.69) is 137 Å². The first-order valence-electron chi connectivity index (χ1n) is 20.8. The van der Waals surface area contributed by atoms with E-state index in [0.29, 0.717) is 11.8 Å². The fraction of sp³-hybridized carbons (Fsp3) is 0.638. The Hall–Kier alpha value is -2.30. The Kier molecular flexibility index (Phi) is 8.32. The highest BCUT2D eigenvalue weighted by molar-refractivity contribution is 6.70. The zero-order chi connectivity index (χ0) is 39.5. The van der Waals surface area contributed by atoms with E-state index >= 15 is 4.79 Å². The van der Waals surface area contributed by atoms with Gasteiger partial charge in [-0.3, -0.25) is 4.79 Å². The average Bonchev–Trinajstić information content (AvgIpc) is 3.69. The van der Waals surface area contributed by atoms with Gasteiger partial charge >= 0.3 is 0 Å². The van der Waals surface area contributed by atoms with Crippen molar-refractivity contribution in [2.24, 2.45) is 28.6 Å². The maximum Gasteiger partial charge on any atom is 0.192 e. The van der Waals surface area contributed by atoms with Gasteiger partial charge < -0.3 is 18.2 Å². The van der Waals surface area contributed by atoms with Crippen molar-refractivity contribution in [2.75, 3.05) is 0 Å². The molecular formula is C47H67NO4Si2. The first-order chi connectivity index (χ1) is 24.8. The molecule has 0 radical (unpaired) electrons. The number of Topliss-reactive ketones (excluding diaryl/α,β-unsaturated/α-hetero) is 1. The van der Waals surface area contributed by atoms with E-state index in [1.54, 1.807) is 0 Å². The highest BCUT2D eigenvalue weighted by Crippen LogP contribution is 2.72. The second-order valence-electron chi connectivity index (χ2n) is 21.8. The van der Waals surface area contributed by atoms with Crippen molar-refractivity contribution in [3.8, 4) is 0 Å². The van der Waals surface area contributed by atoms with Crippen LogP contribution in [0.1, 0.15) is 126 Å². The lowest BCUT2D eigenvalue weighted by Gasteiger charge is -2.65. The van der Waals surface area contributed by atoms with Crippen LogP contribution < -0.4 is 0 Å². The van der Waals surface area contributed by atoms with Gasteiger partial charge in [0.25, 0.3) is 0 Å². The number of rotatable bonds is 7. The number of fused-ring (bicyclic) bond motifs is 11. The molecule has 0 bridgehead atoms. The number of allylic oxidation sites excluding steroid dienone is 3. The van der Waals surface area contributed by atoms with Gasteiger partial charge in [0.2, 0.25) is 0 Å². The molecule has 5 unspecified atom stereocenters. The highest BCUT2D eigenvalue weighted by Gasteiger charge is 2.68. The van der Waals surface area contributed by atoms with E-state index in [1.165, 1.54) is 40.6 Å². The molecular weight excluding hydrogens is 699 g/mol. The van der Waals surface area contributed by atoms with Crippen LogP contribution in [0.2, 0.25) is 39.3 Å². The Bertz CT molecular complexity index is 2070. The minimum atomic E-state index is -2.06. The van der Waals surface area contributed by atoms with Crippen molar-refractivity contribution in [2.45, 2.75) is 162 Å². The van der Waals surface area contributed by atoms with Gasteiger partial charge in [0.05, 0.1) is 34.5 Å². The summed E-state index contributed by atoms with van der Waals surface area (Å²) in [5, 5.41) is 1.28. The summed E-state index contributed by atoms with van der Waals surface area (Å²) in [4.78, 5) is 15.4. The van der Waals surface area contributed by atoms with Crippen LogP contribution in [0.3, 0.4) is 0 Å². The van der Waals surface area contributed by atoms with Gasteiger partial charge in [-0.05, 0) is 152 Å². The van der Waals surface area contributed by atoms with Gasteiger partial charge in [-0.1, -0.05) is 57.7 Å². The van der Waals surface area contributed by atoms with Gasteiger partial charge in [0.1, 0.15) is 6.04 Å². The quantitative estimate of drug-likeness (QED) is 0.160. The lowest BCUT2D eigenvalue weighted by Crippen LogP contribution is -2.63. The highest BCUT2D eigenvalue weighted by atomic mass is 28.4. The SMILES string of the molecule is C=C/C=C/[C@]1(C)C(O[Si](C)(C)C)CC[C@@]2(C)C1CCC1Cc3c(n4c5c(c6c(cc35)C3=CC(C)(C)OC(C)(C)C3C6O[Si](C)(C)C)C(=O)[C@@H]4C(=C)C)[C@@]12C. The van der Waals surface area contributed by atoms with Gasteiger partial charge in [-0.2, -0.15) is 0 Å². The first-order valence-corrected chi connectivity index (χ1v) is 27.7. The summed E-state index contributed by atoms with van der Waals surface area (Å²) < 4.78 is 23.7. The van der Waals surface area contributed by atoms with Crippen LogP contribution in [0.5, 0.6) is 0 Å². The molecule has 6 aliphatic rings. The maximum absolute atomic E-state index is 15.4. The Morgan fingerprint density at radius 2 is 1.65 bits per heavy atom. The first kappa shape index (κ1) is 38.6. The largest absolute Gasteiger partial charge is 0.414 e. The van der Waals surface area contributed by atoms with Crippen LogP contribution in [0.4, 0.5) is 0 Å². The molecule has 2 fully saturated rings. The van der Waals surface area contributed by atoms with Crippen LogP contribution in [0, 0.1) is 28.6 Å². The summed E-state index contributed by atoms with van der Waals surface area (Å²) in [7, 11) is -3.87. The van der Waals surface area contributed by atoms with Crippen LogP contribution in [0.15, 0.2) is 49.1 Å². The van der Waals surface area contributed by atoms with Crippen molar-refractivity contribution >= 4 is 38.9 Å².